The van der Waals surface area contributed by atoms with E-state index < -0.39 is 12.0 Å². The highest BCUT2D eigenvalue weighted by atomic mass is 16.5. The van der Waals surface area contributed by atoms with E-state index in [4.69, 9.17) is 4.74 Å². The van der Waals surface area contributed by atoms with E-state index in [0.29, 0.717) is 30.9 Å². The van der Waals surface area contributed by atoms with Gasteiger partial charge in [-0.05, 0) is 50.5 Å². The largest absolute Gasteiger partial charge is 0.494 e. The molecule has 0 aliphatic carbocycles. The summed E-state index contributed by atoms with van der Waals surface area (Å²) in [5.41, 5.74) is 0.501. The van der Waals surface area contributed by atoms with Gasteiger partial charge in [0.15, 0.2) is 0 Å². The van der Waals surface area contributed by atoms with Crippen molar-refractivity contribution in [3.8, 4) is 5.75 Å². The molecule has 108 valence electrons. The molecule has 0 unspecified atom stereocenters. The lowest BCUT2D eigenvalue weighted by Gasteiger charge is -2.33. The number of piperidine rings is 1. The summed E-state index contributed by atoms with van der Waals surface area (Å²) in [7, 11) is 0. The SMILES string of the molecule is CCOc1ccc(C(=O)N2CCCC[C@H]2C(=O)O)cc1. The first-order chi connectivity index (χ1) is 9.63. The number of carbonyl (C=O) groups is 2. The van der Waals surface area contributed by atoms with Gasteiger partial charge in [-0.1, -0.05) is 0 Å². The van der Waals surface area contributed by atoms with Gasteiger partial charge in [0.05, 0.1) is 6.61 Å². The normalized spacial score (nSPS) is 18.6. The molecule has 1 fully saturated rings. The average molecular weight is 277 g/mol. The van der Waals surface area contributed by atoms with Crippen molar-refractivity contribution < 1.29 is 19.4 Å². The molecule has 0 aromatic heterocycles. The number of amides is 1. The zero-order valence-electron chi connectivity index (χ0n) is 11.5. The molecule has 5 nitrogen and oxygen atoms in total. The molecule has 0 saturated carbocycles. The summed E-state index contributed by atoms with van der Waals surface area (Å²) in [5, 5.41) is 9.20. The number of benzene rings is 1. The van der Waals surface area contributed by atoms with Gasteiger partial charge in [0.25, 0.3) is 5.91 Å². The fourth-order valence-corrected chi connectivity index (χ4v) is 2.46. The van der Waals surface area contributed by atoms with Crippen LogP contribution in [0.5, 0.6) is 5.75 Å². The quantitative estimate of drug-likeness (QED) is 0.916. The van der Waals surface area contributed by atoms with Crippen LogP contribution in [-0.4, -0.2) is 41.1 Å². The third-order valence-electron chi connectivity index (χ3n) is 3.46. The van der Waals surface area contributed by atoms with Gasteiger partial charge in [-0.15, -0.1) is 0 Å². The number of rotatable bonds is 4. The Hall–Kier alpha value is -2.04. The summed E-state index contributed by atoms with van der Waals surface area (Å²) < 4.78 is 5.33. The highest BCUT2D eigenvalue weighted by Gasteiger charge is 2.32. The minimum absolute atomic E-state index is 0.222. The fourth-order valence-electron chi connectivity index (χ4n) is 2.46. The van der Waals surface area contributed by atoms with Crippen LogP contribution in [0.25, 0.3) is 0 Å². The smallest absolute Gasteiger partial charge is 0.326 e. The van der Waals surface area contributed by atoms with Gasteiger partial charge in [-0.3, -0.25) is 4.79 Å². The van der Waals surface area contributed by atoms with E-state index in [-0.39, 0.29) is 5.91 Å². The lowest BCUT2D eigenvalue weighted by atomic mass is 10.0. The maximum Gasteiger partial charge on any atom is 0.326 e. The summed E-state index contributed by atoms with van der Waals surface area (Å²) >= 11 is 0. The van der Waals surface area contributed by atoms with Crippen LogP contribution >= 0.6 is 0 Å². The molecule has 1 aromatic rings. The van der Waals surface area contributed by atoms with Crippen LogP contribution in [0, 0.1) is 0 Å². The number of hydrogen-bond donors (Lipinski definition) is 1. The highest BCUT2D eigenvalue weighted by Crippen LogP contribution is 2.21. The van der Waals surface area contributed by atoms with Crippen molar-refractivity contribution in [2.24, 2.45) is 0 Å². The number of ether oxygens (including phenoxy) is 1. The molecule has 0 spiro atoms. The fraction of sp³-hybridized carbons (Fsp3) is 0.467. The zero-order chi connectivity index (χ0) is 14.5. The second-order valence-corrected chi connectivity index (χ2v) is 4.81. The van der Waals surface area contributed by atoms with Crippen LogP contribution in [0.1, 0.15) is 36.5 Å². The number of carboxylic acid groups (broad SMARTS) is 1. The first-order valence-corrected chi connectivity index (χ1v) is 6.90. The van der Waals surface area contributed by atoms with Crippen molar-refractivity contribution >= 4 is 11.9 Å². The maximum atomic E-state index is 12.4. The average Bonchev–Trinajstić information content (AvgIpc) is 2.47. The summed E-state index contributed by atoms with van der Waals surface area (Å²) in [6.45, 7) is 2.97. The zero-order valence-corrected chi connectivity index (χ0v) is 11.5. The van der Waals surface area contributed by atoms with Crippen LogP contribution in [-0.2, 0) is 4.79 Å². The number of aliphatic carboxylic acids is 1. The van der Waals surface area contributed by atoms with Crippen LogP contribution < -0.4 is 4.74 Å². The Morgan fingerprint density at radius 2 is 2.00 bits per heavy atom. The van der Waals surface area contributed by atoms with Crippen molar-refractivity contribution in [2.75, 3.05) is 13.2 Å². The van der Waals surface area contributed by atoms with E-state index in [0.717, 1.165) is 12.8 Å². The van der Waals surface area contributed by atoms with Crippen LogP contribution in [0.4, 0.5) is 0 Å². The van der Waals surface area contributed by atoms with Gasteiger partial charge in [0, 0.05) is 12.1 Å². The van der Waals surface area contributed by atoms with Crippen LogP contribution in [0.15, 0.2) is 24.3 Å². The molecular weight excluding hydrogens is 258 g/mol. The van der Waals surface area contributed by atoms with Gasteiger partial charge < -0.3 is 14.7 Å². The van der Waals surface area contributed by atoms with Crippen LogP contribution in [0.2, 0.25) is 0 Å². The summed E-state index contributed by atoms with van der Waals surface area (Å²) in [6.07, 6.45) is 2.23. The van der Waals surface area contributed by atoms with Crippen molar-refractivity contribution in [1.29, 1.82) is 0 Å². The molecule has 1 N–H and O–H groups in total. The van der Waals surface area contributed by atoms with Gasteiger partial charge in [-0.25, -0.2) is 4.79 Å². The second kappa shape index (κ2) is 6.41. The molecule has 1 saturated heterocycles. The molecule has 1 aliphatic rings. The predicted molar refractivity (Wildman–Crippen MR) is 73.9 cm³/mol. The molecule has 20 heavy (non-hydrogen) atoms. The van der Waals surface area contributed by atoms with Crippen molar-refractivity contribution in [1.82, 2.24) is 4.90 Å². The van der Waals surface area contributed by atoms with Crippen molar-refractivity contribution in [2.45, 2.75) is 32.2 Å². The van der Waals surface area contributed by atoms with Gasteiger partial charge in [0.2, 0.25) is 0 Å². The van der Waals surface area contributed by atoms with Gasteiger partial charge in [0.1, 0.15) is 11.8 Å². The first-order valence-electron chi connectivity index (χ1n) is 6.90. The Morgan fingerprint density at radius 1 is 1.30 bits per heavy atom. The Bertz CT molecular complexity index is 483. The molecule has 0 radical (unpaired) electrons. The monoisotopic (exact) mass is 277 g/mol. The van der Waals surface area contributed by atoms with Crippen LogP contribution in [0.3, 0.4) is 0 Å². The van der Waals surface area contributed by atoms with E-state index in [2.05, 4.69) is 0 Å². The summed E-state index contributed by atoms with van der Waals surface area (Å²) in [4.78, 5) is 25.1. The van der Waals surface area contributed by atoms with Crippen molar-refractivity contribution in [3.05, 3.63) is 29.8 Å². The van der Waals surface area contributed by atoms with E-state index in [1.54, 1.807) is 24.3 Å². The molecule has 5 heteroatoms. The van der Waals surface area contributed by atoms with E-state index in [9.17, 15) is 14.7 Å². The second-order valence-electron chi connectivity index (χ2n) is 4.81. The molecule has 1 aliphatic heterocycles. The molecule has 1 amide bonds. The van der Waals surface area contributed by atoms with E-state index in [1.165, 1.54) is 4.90 Å². The predicted octanol–water partition coefficient (Wildman–Crippen LogP) is 2.16. The topological polar surface area (TPSA) is 66.8 Å². The number of hydrogen-bond acceptors (Lipinski definition) is 3. The third kappa shape index (κ3) is 3.10. The Balaban J connectivity index is 2.14. The lowest BCUT2D eigenvalue weighted by molar-refractivity contribution is -0.143. The number of nitrogens with zero attached hydrogens (tertiary/aromatic N) is 1. The molecule has 0 bridgehead atoms. The van der Waals surface area contributed by atoms with E-state index >= 15 is 0 Å². The van der Waals surface area contributed by atoms with Gasteiger partial charge in [-0.2, -0.15) is 0 Å². The molecular formula is C15H19NO4. The van der Waals surface area contributed by atoms with Gasteiger partial charge >= 0.3 is 5.97 Å². The minimum Gasteiger partial charge on any atom is -0.494 e. The molecule has 1 atom stereocenters. The Labute approximate surface area is 118 Å². The Kier molecular flexibility index (Phi) is 4.61. The number of carboxylic acids is 1. The summed E-state index contributed by atoms with van der Waals surface area (Å²) in [5.74, 6) is -0.443. The number of carbonyl (C=O) groups excluding carboxylic acids is 1. The van der Waals surface area contributed by atoms with E-state index in [1.807, 2.05) is 6.92 Å². The number of likely N-dealkylation sites (tertiary alicyclic amines) is 1. The standard InChI is InChI=1S/C15H19NO4/c1-2-20-12-8-6-11(7-9-12)14(17)16-10-4-3-5-13(16)15(18)19/h6-9,13H,2-5,10H2,1H3,(H,18,19)/t13-/m0/s1. The highest BCUT2D eigenvalue weighted by molar-refractivity contribution is 5.96. The first kappa shape index (κ1) is 14.4. The molecule has 1 heterocycles. The maximum absolute atomic E-state index is 12.4. The van der Waals surface area contributed by atoms with Crippen molar-refractivity contribution in [3.63, 3.8) is 0 Å². The molecule has 1 aromatic carbocycles. The molecule has 2 rings (SSSR count). The third-order valence-corrected chi connectivity index (χ3v) is 3.46. The Morgan fingerprint density at radius 3 is 2.60 bits per heavy atom. The lowest BCUT2D eigenvalue weighted by Crippen LogP contribution is -2.47. The summed E-state index contributed by atoms with van der Waals surface area (Å²) in [6, 6.07) is 6.12. The minimum atomic E-state index is -0.927.